The predicted octanol–water partition coefficient (Wildman–Crippen LogP) is 3.19. The third kappa shape index (κ3) is 3.70. The molecule has 118 valence electrons. The number of rotatable bonds is 4. The normalized spacial score (nSPS) is 10.8. The van der Waals surface area contributed by atoms with Crippen molar-refractivity contribution in [2.75, 3.05) is 0 Å². The Morgan fingerprint density at radius 2 is 1.87 bits per heavy atom. The summed E-state index contributed by atoms with van der Waals surface area (Å²) in [6.45, 7) is -0.362. The molecule has 23 heavy (non-hydrogen) atoms. The standard InChI is InChI=1S/C15H11BrN2O4S/c16-14-8-11(9-17)6-7-12(14)10-18(15(19)20)23(21,22)13-4-2-1-3-5-13/h1-8H,10H2,(H,19,20). The van der Waals surface area contributed by atoms with Crippen LogP contribution in [0.25, 0.3) is 0 Å². The van der Waals surface area contributed by atoms with Gasteiger partial charge in [-0.2, -0.15) is 9.57 Å². The number of benzene rings is 2. The molecule has 0 radical (unpaired) electrons. The van der Waals surface area contributed by atoms with E-state index < -0.39 is 16.1 Å². The van der Waals surface area contributed by atoms with Crippen LogP contribution in [-0.2, 0) is 16.6 Å². The van der Waals surface area contributed by atoms with Crippen LogP contribution in [0.1, 0.15) is 11.1 Å². The smallest absolute Gasteiger partial charge is 0.421 e. The molecule has 0 bridgehead atoms. The van der Waals surface area contributed by atoms with Gasteiger partial charge in [0.05, 0.1) is 23.1 Å². The summed E-state index contributed by atoms with van der Waals surface area (Å²) in [7, 11) is -4.18. The van der Waals surface area contributed by atoms with Crippen LogP contribution < -0.4 is 0 Å². The van der Waals surface area contributed by atoms with E-state index in [2.05, 4.69) is 15.9 Å². The van der Waals surface area contributed by atoms with Gasteiger partial charge in [0.2, 0.25) is 0 Å². The van der Waals surface area contributed by atoms with Crippen molar-refractivity contribution in [2.45, 2.75) is 11.4 Å². The van der Waals surface area contributed by atoms with Crippen molar-refractivity contribution in [1.82, 2.24) is 4.31 Å². The van der Waals surface area contributed by atoms with Gasteiger partial charge < -0.3 is 5.11 Å². The van der Waals surface area contributed by atoms with Crippen LogP contribution in [0.5, 0.6) is 0 Å². The van der Waals surface area contributed by atoms with Crippen LogP contribution in [-0.4, -0.2) is 23.9 Å². The number of halogens is 1. The molecule has 0 aliphatic rings. The molecule has 1 amide bonds. The molecule has 0 spiro atoms. The number of amides is 1. The van der Waals surface area contributed by atoms with Crippen molar-refractivity contribution in [3.63, 3.8) is 0 Å². The first-order valence-corrected chi connectivity index (χ1v) is 8.59. The molecule has 0 saturated heterocycles. The van der Waals surface area contributed by atoms with Crippen molar-refractivity contribution in [2.24, 2.45) is 0 Å². The minimum Gasteiger partial charge on any atom is -0.464 e. The molecule has 2 aromatic rings. The second-order valence-corrected chi connectivity index (χ2v) is 7.24. The number of sulfonamides is 1. The number of carbonyl (C=O) groups is 1. The van der Waals surface area contributed by atoms with E-state index in [9.17, 15) is 18.3 Å². The number of nitrogens with zero attached hydrogens (tertiary/aromatic N) is 2. The van der Waals surface area contributed by atoms with E-state index in [1.54, 1.807) is 6.07 Å². The molecule has 6 nitrogen and oxygen atoms in total. The quantitative estimate of drug-likeness (QED) is 0.858. The molecular formula is C15H11BrN2O4S. The summed E-state index contributed by atoms with van der Waals surface area (Å²) in [6, 6.07) is 13.8. The third-order valence-corrected chi connectivity index (χ3v) is 5.51. The predicted molar refractivity (Wildman–Crippen MR) is 86.1 cm³/mol. The van der Waals surface area contributed by atoms with Crippen molar-refractivity contribution < 1.29 is 18.3 Å². The molecular weight excluding hydrogens is 384 g/mol. The Morgan fingerprint density at radius 3 is 2.39 bits per heavy atom. The molecule has 0 atom stereocenters. The van der Waals surface area contributed by atoms with Crippen molar-refractivity contribution in [3.05, 3.63) is 64.1 Å². The fourth-order valence-electron chi connectivity index (χ4n) is 1.87. The summed E-state index contributed by atoms with van der Waals surface area (Å²) in [5.41, 5.74) is 0.819. The Morgan fingerprint density at radius 1 is 1.22 bits per heavy atom. The highest BCUT2D eigenvalue weighted by atomic mass is 79.9. The third-order valence-electron chi connectivity index (χ3n) is 3.04. The maximum atomic E-state index is 12.5. The molecule has 1 N–H and O–H groups in total. The maximum Gasteiger partial charge on any atom is 0.421 e. The fraction of sp³-hybridized carbons (Fsp3) is 0.0667. The Labute approximate surface area is 141 Å². The van der Waals surface area contributed by atoms with E-state index in [-0.39, 0.29) is 11.4 Å². The zero-order chi connectivity index (χ0) is 17.0. The summed E-state index contributed by atoms with van der Waals surface area (Å²) in [4.78, 5) is 11.3. The summed E-state index contributed by atoms with van der Waals surface area (Å²) in [5.74, 6) is 0. The van der Waals surface area contributed by atoms with E-state index in [1.807, 2.05) is 6.07 Å². The van der Waals surface area contributed by atoms with E-state index in [1.165, 1.54) is 42.5 Å². The second kappa shape index (κ2) is 6.81. The fourth-order valence-corrected chi connectivity index (χ4v) is 3.65. The monoisotopic (exact) mass is 394 g/mol. The molecule has 0 fully saturated rings. The highest BCUT2D eigenvalue weighted by molar-refractivity contribution is 9.10. The number of nitriles is 1. The van der Waals surface area contributed by atoms with Crippen LogP contribution in [0, 0.1) is 11.3 Å². The Bertz CT molecular complexity index is 876. The van der Waals surface area contributed by atoms with E-state index >= 15 is 0 Å². The average Bonchev–Trinajstić information content (AvgIpc) is 2.53. The minimum atomic E-state index is -4.18. The van der Waals surface area contributed by atoms with Crippen LogP contribution >= 0.6 is 15.9 Å². The van der Waals surface area contributed by atoms with Gasteiger partial charge in [-0.3, -0.25) is 0 Å². The first-order valence-electron chi connectivity index (χ1n) is 6.35. The lowest BCUT2D eigenvalue weighted by Crippen LogP contribution is -2.35. The molecule has 0 aliphatic heterocycles. The lowest BCUT2D eigenvalue weighted by Gasteiger charge is -2.20. The molecule has 0 unspecified atom stereocenters. The molecule has 0 aromatic heterocycles. The van der Waals surface area contributed by atoms with Gasteiger partial charge >= 0.3 is 6.09 Å². The Balaban J connectivity index is 2.41. The Kier molecular flexibility index (Phi) is 5.03. The largest absolute Gasteiger partial charge is 0.464 e. The van der Waals surface area contributed by atoms with Gasteiger partial charge in [-0.15, -0.1) is 0 Å². The summed E-state index contributed by atoms with van der Waals surface area (Å²) < 4.78 is 25.8. The first kappa shape index (κ1) is 17.0. The van der Waals surface area contributed by atoms with Crippen molar-refractivity contribution >= 4 is 32.0 Å². The number of hydrogen-bond donors (Lipinski definition) is 1. The lowest BCUT2D eigenvalue weighted by molar-refractivity contribution is 0.170. The molecule has 0 heterocycles. The van der Waals surface area contributed by atoms with Crippen LogP contribution in [0.3, 0.4) is 0 Å². The average molecular weight is 395 g/mol. The minimum absolute atomic E-state index is 0.104. The maximum absolute atomic E-state index is 12.5. The Hall–Kier alpha value is -2.37. The zero-order valence-electron chi connectivity index (χ0n) is 11.7. The van der Waals surface area contributed by atoms with Gasteiger partial charge in [-0.25, -0.2) is 13.2 Å². The highest BCUT2D eigenvalue weighted by Crippen LogP contribution is 2.24. The summed E-state index contributed by atoms with van der Waals surface area (Å²) in [6.07, 6.45) is -1.58. The molecule has 2 aromatic carbocycles. The second-order valence-electron chi connectivity index (χ2n) is 4.53. The summed E-state index contributed by atoms with van der Waals surface area (Å²) in [5, 5.41) is 18.1. The van der Waals surface area contributed by atoms with Gasteiger partial charge in [-0.05, 0) is 29.8 Å². The molecule has 8 heteroatoms. The van der Waals surface area contributed by atoms with Crippen LogP contribution in [0.15, 0.2) is 57.9 Å². The summed E-state index contributed by atoms with van der Waals surface area (Å²) >= 11 is 3.22. The van der Waals surface area contributed by atoms with Gasteiger partial charge in [0.15, 0.2) is 0 Å². The molecule has 0 saturated carbocycles. The van der Waals surface area contributed by atoms with Gasteiger partial charge in [-0.1, -0.05) is 40.2 Å². The zero-order valence-corrected chi connectivity index (χ0v) is 14.1. The van der Waals surface area contributed by atoms with Gasteiger partial charge in [0.25, 0.3) is 10.0 Å². The van der Waals surface area contributed by atoms with Crippen molar-refractivity contribution in [1.29, 1.82) is 5.26 Å². The molecule has 2 rings (SSSR count). The lowest BCUT2D eigenvalue weighted by atomic mass is 10.1. The van der Waals surface area contributed by atoms with E-state index in [0.717, 1.165) is 0 Å². The number of hydrogen-bond acceptors (Lipinski definition) is 4. The topological polar surface area (TPSA) is 98.5 Å². The SMILES string of the molecule is N#Cc1ccc(CN(C(=O)O)S(=O)(=O)c2ccccc2)c(Br)c1. The van der Waals surface area contributed by atoms with Crippen molar-refractivity contribution in [3.8, 4) is 6.07 Å². The molecule has 0 aliphatic carbocycles. The van der Waals surface area contributed by atoms with E-state index in [4.69, 9.17) is 5.26 Å². The van der Waals surface area contributed by atoms with Crippen LogP contribution in [0.4, 0.5) is 4.79 Å². The van der Waals surface area contributed by atoms with Gasteiger partial charge in [0, 0.05) is 4.47 Å². The van der Waals surface area contributed by atoms with E-state index in [0.29, 0.717) is 19.9 Å². The van der Waals surface area contributed by atoms with Gasteiger partial charge in [0.1, 0.15) is 0 Å². The number of carboxylic acid groups (broad SMARTS) is 1. The van der Waals surface area contributed by atoms with Crippen LogP contribution in [0.2, 0.25) is 0 Å². The highest BCUT2D eigenvalue weighted by Gasteiger charge is 2.29. The first-order chi connectivity index (χ1) is 10.9.